The van der Waals surface area contributed by atoms with Gasteiger partial charge in [0.15, 0.2) is 0 Å². The van der Waals surface area contributed by atoms with Crippen LogP contribution in [0.2, 0.25) is 0 Å². The van der Waals surface area contributed by atoms with Crippen LogP contribution in [-0.4, -0.2) is 33.9 Å². The summed E-state index contributed by atoms with van der Waals surface area (Å²) in [6.45, 7) is 7.73. The average molecular weight is 374 g/mol. The largest absolute Gasteiger partial charge is 0.338 e. The fourth-order valence-corrected chi connectivity index (χ4v) is 3.15. The Morgan fingerprint density at radius 3 is 2.11 bits per heavy atom. The molecule has 1 amide bonds. The lowest BCUT2D eigenvalue weighted by Gasteiger charge is -2.25. The van der Waals surface area contributed by atoms with Crippen molar-refractivity contribution in [3.63, 3.8) is 0 Å². The predicted octanol–water partition coefficient (Wildman–Crippen LogP) is 4.61. The monoisotopic (exact) mass is 374 g/mol. The lowest BCUT2D eigenvalue weighted by molar-refractivity contribution is 0.0766. The van der Waals surface area contributed by atoms with Crippen LogP contribution in [0.5, 0.6) is 0 Å². The van der Waals surface area contributed by atoms with Crippen molar-refractivity contribution in [2.75, 3.05) is 18.0 Å². The smallest absolute Gasteiger partial charge is 0.272 e. The number of para-hydroxylation sites is 1. The van der Waals surface area contributed by atoms with E-state index in [1.807, 2.05) is 69.3 Å². The Balaban J connectivity index is 2.03. The number of anilines is 2. The molecule has 3 aromatic rings. The molecule has 0 radical (unpaired) electrons. The van der Waals surface area contributed by atoms with E-state index in [0.29, 0.717) is 31.2 Å². The first kappa shape index (κ1) is 19.5. The first-order valence-corrected chi connectivity index (χ1v) is 9.63. The zero-order chi connectivity index (χ0) is 19.9. The molecule has 5 nitrogen and oxygen atoms in total. The maximum atomic E-state index is 12.8. The number of aryl methyl sites for hydroxylation is 1. The second kappa shape index (κ2) is 9.13. The average Bonchev–Trinajstić information content (AvgIpc) is 2.73. The maximum Gasteiger partial charge on any atom is 0.272 e. The van der Waals surface area contributed by atoms with Gasteiger partial charge >= 0.3 is 0 Å². The molecule has 0 aliphatic rings. The van der Waals surface area contributed by atoms with E-state index in [0.717, 1.165) is 11.5 Å². The van der Waals surface area contributed by atoms with Crippen LogP contribution in [0.1, 0.15) is 35.7 Å². The normalized spacial score (nSPS) is 10.5. The second-order valence-corrected chi connectivity index (χ2v) is 6.54. The highest BCUT2D eigenvalue weighted by Crippen LogP contribution is 2.26. The summed E-state index contributed by atoms with van der Waals surface area (Å²) in [5, 5.41) is 0. The summed E-state index contributed by atoms with van der Waals surface area (Å²) in [7, 11) is 0. The summed E-state index contributed by atoms with van der Waals surface area (Å²) in [6.07, 6.45) is 0. The molecule has 5 heteroatoms. The highest BCUT2D eigenvalue weighted by atomic mass is 16.2. The first-order valence-electron chi connectivity index (χ1n) is 9.63. The third kappa shape index (κ3) is 4.55. The fraction of sp³-hybridized carbons (Fsp3) is 0.261. The van der Waals surface area contributed by atoms with Gasteiger partial charge in [-0.15, -0.1) is 0 Å². The van der Waals surface area contributed by atoms with Gasteiger partial charge in [-0.1, -0.05) is 48.5 Å². The highest BCUT2D eigenvalue weighted by molar-refractivity contribution is 5.93. The van der Waals surface area contributed by atoms with Crippen molar-refractivity contribution in [3.8, 4) is 0 Å². The summed E-state index contributed by atoms with van der Waals surface area (Å²) >= 11 is 0. The molecule has 144 valence electrons. The minimum absolute atomic E-state index is 0.0653. The van der Waals surface area contributed by atoms with E-state index >= 15 is 0 Å². The van der Waals surface area contributed by atoms with Crippen molar-refractivity contribution in [3.05, 3.63) is 83.8 Å². The van der Waals surface area contributed by atoms with E-state index in [4.69, 9.17) is 0 Å². The van der Waals surface area contributed by atoms with Crippen molar-refractivity contribution in [2.45, 2.75) is 27.3 Å². The summed E-state index contributed by atoms with van der Waals surface area (Å²) in [4.78, 5) is 25.8. The van der Waals surface area contributed by atoms with E-state index in [1.54, 1.807) is 11.0 Å². The molecule has 0 aliphatic heterocycles. The van der Waals surface area contributed by atoms with Gasteiger partial charge in [0.2, 0.25) is 0 Å². The molecule has 0 saturated carbocycles. The van der Waals surface area contributed by atoms with Crippen LogP contribution >= 0.6 is 0 Å². The van der Waals surface area contributed by atoms with E-state index < -0.39 is 0 Å². The number of aromatic nitrogens is 2. The Kier molecular flexibility index (Phi) is 6.37. The van der Waals surface area contributed by atoms with Gasteiger partial charge in [0.1, 0.15) is 17.3 Å². The maximum absolute atomic E-state index is 12.8. The number of hydrogen-bond acceptors (Lipinski definition) is 4. The number of hydrogen-bond donors (Lipinski definition) is 0. The van der Waals surface area contributed by atoms with Crippen LogP contribution in [0.3, 0.4) is 0 Å². The number of carbonyl (C=O) groups is 1. The van der Waals surface area contributed by atoms with Gasteiger partial charge in [0.25, 0.3) is 5.91 Å². The summed E-state index contributed by atoms with van der Waals surface area (Å²) in [5.41, 5.74) is 2.62. The molecule has 0 aliphatic carbocycles. The molecule has 3 rings (SSSR count). The highest BCUT2D eigenvalue weighted by Gasteiger charge is 2.19. The van der Waals surface area contributed by atoms with Crippen LogP contribution in [0, 0.1) is 6.92 Å². The SMILES string of the molecule is CCN(CC)C(=O)c1cc(N(Cc2ccccc2)c2ccccc2)nc(C)n1. The fourth-order valence-electron chi connectivity index (χ4n) is 3.15. The van der Waals surface area contributed by atoms with Crippen LogP contribution < -0.4 is 4.90 Å². The molecule has 2 aromatic carbocycles. The molecule has 1 heterocycles. The molecule has 0 saturated heterocycles. The Labute approximate surface area is 166 Å². The van der Waals surface area contributed by atoms with Crippen molar-refractivity contribution >= 4 is 17.4 Å². The summed E-state index contributed by atoms with van der Waals surface area (Å²) < 4.78 is 0. The van der Waals surface area contributed by atoms with Gasteiger partial charge in [-0.3, -0.25) is 4.79 Å². The first-order chi connectivity index (χ1) is 13.6. The van der Waals surface area contributed by atoms with E-state index in [9.17, 15) is 4.79 Å². The minimum Gasteiger partial charge on any atom is -0.338 e. The van der Waals surface area contributed by atoms with Crippen LogP contribution in [0.4, 0.5) is 11.5 Å². The van der Waals surface area contributed by atoms with Gasteiger partial charge in [-0.05, 0) is 38.5 Å². The Bertz CT molecular complexity index is 908. The van der Waals surface area contributed by atoms with Crippen LogP contribution in [-0.2, 0) is 6.54 Å². The summed E-state index contributed by atoms with van der Waals surface area (Å²) in [6, 6.07) is 22.1. The molecule has 28 heavy (non-hydrogen) atoms. The quantitative estimate of drug-likeness (QED) is 0.606. The molecule has 0 N–H and O–H groups in total. The van der Waals surface area contributed by atoms with Crippen molar-refractivity contribution in [1.29, 1.82) is 0 Å². The third-order valence-electron chi connectivity index (χ3n) is 4.62. The standard InChI is InChI=1S/C23H26N4O/c1-4-26(5-2)23(28)21-16-22(25-18(3)24-21)27(20-14-10-7-11-15-20)17-19-12-8-6-9-13-19/h6-16H,4-5,17H2,1-3H3. The Morgan fingerprint density at radius 2 is 1.50 bits per heavy atom. The van der Waals surface area contributed by atoms with E-state index in [1.165, 1.54) is 5.56 Å². The lowest BCUT2D eigenvalue weighted by atomic mass is 10.2. The van der Waals surface area contributed by atoms with Crippen LogP contribution in [0.25, 0.3) is 0 Å². The predicted molar refractivity (Wildman–Crippen MR) is 113 cm³/mol. The molecule has 0 fully saturated rings. The number of amides is 1. The van der Waals surface area contributed by atoms with Gasteiger partial charge in [-0.25, -0.2) is 9.97 Å². The molecule has 1 aromatic heterocycles. The third-order valence-corrected chi connectivity index (χ3v) is 4.62. The van der Waals surface area contributed by atoms with Gasteiger partial charge in [-0.2, -0.15) is 0 Å². The molecular weight excluding hydrogens is 348 g/mol. The van der Waals surface area contributed by atoms with Gasteiger partial charge in [0.05, 0.1) is 0 Å². The minimum atomic E-state index is -0.0653. The second-order valence-electron chi connectivity index (χ2n) is 6.54. The molecule has 0 spiro atoms. The van der Waals surface area contributed by atoms with Gasteiger partial charge < -0.3 is 9.80 Å². The zero-order valence-electron chi connectivity index (χ0n) is 16.7. The number of nitrogens with zero attached hydrogens (tertiary/aromatic N) is 4. The molecule has 0 bridgehead atoms. The lowest BCUT2D eigenvalue weighted by Crippen LogP contribution is -2.31. The number of benzene rings is 2. The molecule has 0 unspecified atom stereocenters. The van der Waals surface area contributed by atoms with Crippen molar-refractivity contribution in [1.82, 2.24) is 14.9 Å². The molecular formula is C23H26N4O. The van der Waals surface area contributed by atoms with E-state index in [2.05, 4.69) is 27.0 Å². The molecule has 0 atom stereocenters. The number of carbonyl (C=O) groups excluding carboxylic acids is 1. The summed E-state index contributed by atoms with van der Waals surface area (Å²) in [5.74, 6) is 1.24. The Morgan fingerprint density at radius 1 is 0.893 bits per heavy atom. The van der Waals surface area contributed by atoms with Crippen molar-refractivity contribution < 1.29 is 4.79 Å². The Hall–Kier alpha value is -3.21. The van der Waals surface area contributed by atoms with Gasteiger partial charge in [0, 0.05) is 31.4 Å². The van der Waals surface area contributed by atoms with Crippen molar-refractivity contribution in [2.24, 2.45) is 0 Å². The number of rotatable bonds is 7. The van der Waals surface area contributed by atoms with E-state index in [-0.39, 0.29) is 5.91 Å². The zero-order valence-corrected chi connectivity index (χ0v) is 16.7. The topological polar surface area (TPSA) is 49.3 Å². The van der Waals surface area contributed by atoms with Crippen LogP contribution in [0.15, 0.2) is 66.7 Å².